The zero-order chi connectivity index (χ0) is 16.9. The van der Waals surface area contributed by atoms with Crippen molar-refractivity contribution in [1.82, 2.24) is 15.0 Å². The van der Waals surface area contributed by atoms with E-state index in [9.17, 15) is 4.79 Å². The Morgan fingerprint density at radius 1 is 1.21 bits per heavy atom. The Morgan fingerprint density at radius 3 is 2.54 bits per heavy atom. The van der Waals surface area contributed by atoms with Gasteiger partial charge in [-0.05, 0) is 31.0 Å². The molecule has 1 amide bonds. The van der Waals surface area contributed by atoms with Crippen molar-refractivity contribution in [2.75, 3.05) is 26.2 Å². The average molecular weight is 348 g/mol. The first-order valence-electron chi connectivity index (χ1n) is 8.27. The molecule has 2 aromatic rings. The van der Waals surface area contributed by atoms with Crippen molar-refractivity contribution < 1.29 is 9.32 Å². The lowest BCUT2D eigenvalue weighted by atomic mass is 10.1. The average Bonchev–Trinajstić information content (AvgIpc) is 2.99. The van der Waals surface area contributed by atoms with Gasteiger partial charge in [0.2, 0.25) is 5.91 Å². The van der Waals surface area contributed by atoms with Gasteiger partial charge in [0, 0.05) is 43.7 Å². The monoisotopic (exact) mass is 347 g/mol. The summed E-state index contributed by atoms with van der Waals surface area (Å²) in [5, 5.41) is 4.63. The quantitative estimate of drug-likeness (QED) is 0.834. The fourth-order valence-electron chi connectivity index (χ4n) is 2.93. The Labute approximate surface area is 147 Å². The van der Waals surface area contributed by atoms with Crippen molar-refractivity contribution in [3.8, 4) is 0 Å². The highest BCUT2D eigenvalue weighted by Crippen LogP contribution is 2.13. The van der Waals surface area contributed by atoms with Gasteiger partial charge in [-0.25, -0.2) is 0 Å². The molecular formula is C18H22ClN3O2. The molecule has 1 fully saturated rings. The molecule has 6 heteroatoms. The van der Waals surface area contributed by atoms with Crippen LogP contribution in [0.25, 0.3) is 0 Å². The first-order valence-corrected chi connectivity index (χ1v) is 8.65. The van der Waals surface area contributed by atoms with E-state index >= 15 is 0 Å². The summed E-state index contributed by atoms with van der Waals surface area (Å²) in [4.78, 5) is 16.6. The molecule has 0 saturated carbocycles. The Kier molecular flexibility index (Phi) is 5.53. The van der Waals surface area contributed by atoms with E-state index in [2.05, 4.69) is 10.1 Å². The van der Waals surface area contributed by atoms with E-state index in [0.717, 1.165) is 61.2 Å². The van der Waals surface area contributed by atoms with Crippen molar-refractivity contribution >= 4 is 17.5 Å². The predicted molar refractivity (Wildman–Crippen MR) is 92.9 cm³/mol. The minimum Gasteiger partial charge on any atom is -0.360 e. The van der Waals surface area contributed by atoms with Crippen molar-refractivity contribution in [3.05, 3.63) is 52.4 Å². The fourth-order valence-corrected chi connectivity index (χ4v) is 3.05. The van der Waals surface area contributed by atoms with E-state index in [1.54, 1.807) is 0 Å². The molecule has 3 rings (SSSR count). The number of aromatic nitrogens is 1. The van der Waals surface area contributed by atoms with Gasteiger partial charge in [-0.2, -0.15) is 0 Å². The molecule has 1 aromatic heterocycles. The highest BCUT2D eigenvalue weighted by atomic mass is 35.5. The zero-order valence-electron chi connectivity index (χ0n) is 13.9. The molecule has 1 aliphatic rings. The summed E-state index contributed by atoms with van der Waals surface area (Å²) in [7, 11) is 0. The van der Waals surface area contributed by atoms with Crippen molar-refractivity contribution in [3.63, 3.8) is 0 Å². The van der Waals surface area contributed by atoms with Crippen LogP contribution >= 0.6 is 11.6 Å². The lowest BCUT2D eigenvalue weighted by Gasteiger charge is -2.34. The second-order valence-corrected chi connectivity index (χ2v) is 6.65. The van der Waals surface area contributed by atoms with Crippen molar-refractivity contribution in [2.24, 2.45) is 0 Å². The summed E-state index contributed by atoms with van der Waals surface area (Å²) in [5.74, 6) is 1.11. The number of hydrogen-bond donors (Lipinski definition) is 0. The largest absolute Gasteiger partial charge is 0.360 e. The van der Waals surface area contributed by atoms with Gasteiger partial charge < -0.3 is 9.42 Å². The van der Waals surface area contributed by atoms with Crippen LogP contribution in [0.3, 0.4) is 0 Å². The number of benzene rings is 1. The van der Waals surface area contributed by atoms with Crippen LogP contribution in [0, 0.1) is 6.92 Å². The molecule has 2 heterocycles. The number of carbonyl (C=O) groups is 1. The number of amides is 1. The molecule has 0 atom stereocenters. The Morgan fingerprint density at radius 2 is 1.92 bits per heavy atom. The SMILES string of the molecule is Cc1cc(CN2CCN(C(=O)CCc3ccc(Cl)cc3)CC2)on1. The molecule has 24 heavy (non-hydrogen) atoms. The van der Waals surface area contributed by atoms with Gasteiger partial charge in [0.25, 0.3) is 0 Å². The molecule has 1 aromatic carbocycles. The zero-order valence-corrected chi connectivity index (χ0v) is 14.6. The van der Waals surface area contributed by atoms with E-state index in [-0.39, 0.29) is 5.91 Å². The Bertz CT molecular complexity index is 676. The summed E-state index contributed by atoms with van der Waals surface area (Å²) in [6.07, 6.45) is 1.30. The van der Waals surface area contributed by atoms with Crippen LogP contribution in [-0.4, -0.2) is 47.0 Å². The van der Waals surface area contributed by atoms with Crippen LogP contribution in [0.5, 0.6) is 0 Å². The number of hydrogen-bond acceptors (Lipinski definition) is 4. The molecule has 1 saturated heterocycles. The lowest BCUT2D eigenvalue weighted by Crippen LogP contribution is -2.48. The van der Waals surface area contributed by atoms with E-state index < -0.39 is 0 Å². The smallest absolute Gasteiger partial charge is 0.222 e. The van der Waals surface area contributed by atoms with Crippen LogP contribution in [0.15, 0.2) is 34.9 Å². The minimum atomic E-state index is 0.222. The van der Waals surface area contributed by atoms with E-state index in [0.29, 0.717) is 6.42 Å². The number of nitrogens with zero attached hydrogens (tertiary/aromatic N) is 3. The fraction of sp³-hybridized carbons (Fsp3) is 0.444. The standard InChI is InChI=1S/C18H22ClN3O2/c1-14-12-17(24-20-14)13-21-8-10-22(11-9-21)18(23)7-4-15-2-5-16(19)6-3-15/h2-3,5-6,12H,4,7-11,13H2,1H3. The molecule has 128 valence electrons. The van der Waals surface area contributed by atoms with Crippen LogP contribution in [0.4, 0.5) is 0 Å². The van der Waals surface area contributed by atoms with Gasteiger partial charge in [-0.3, -0.25) is 9.69 Å². The molecular weight excluding hydrogens is 326 g/mol. The molecule has 0 bridgehead atoms. The van der Waals surface area contributed by atoms with Crippen LogP contribution < -0.4 is 0 Å². The Balaban J connectivity index is 1.42. The van der Waals surface area contributed by atoms with Gasteiger partial charge in [0.15, 0.2) is 5.76 Å². The molecule has 0 unspecified atom stereocenters. The van der Waals surface area contributed by atoms with E-state index in [4.69, 9.17) is 16.1 Å². The van der Waals surface area contributed by atoms with Gasteiger partial charge >= 0.3 is 0 Å². The maximum absolute atomic E-state index is 12.4. The third kappa shape index (κ3) is 4.58. The van der Waals surface area contributed by atoms with E-state index in [1.807, 2.05) is 42.2 Å². The molecule has 0 aliphatic carbocycles. The maximum atomic E-state index is 12.4. The number of aryl methyl sites for hydroxylation is 2. The molecule has 1 aliphatic heterocycles. The predicted octanol–water partition coefficient (Wildman–Crippen LogP) is 2.91. The summed E-state index contributed by atoms with van der Waals surface area (Å²) in [5.41, 5.74) is 2.05. The Hall–Kier alpha value is -1.85. The molecule has 0 N–H and O–H groups in total. The number of halogens is 1. The molecule has 0 radical (unpaired) electrons. The second-order valence-electron chi connectivity index (χ2n) is 6.22. The third-order valence-electron chi connectivity index (χ3n) is 4.32. The minimum absolute atomic E-state index is 0.222. The molecule has 5 nitrogen and oxygen atoms in total. The lowest BCUT2D eigenvalue weighted by molar-refractivity contribution is -0.133. The number of piperazine rings is 1. The maximum Gasteiger partial charge on any atom is 0.222 e. The topological polar surface area (TPSA) is 49.6 Å². The third-order valence-corrected chi connectivity index (χ3v) is 4.57. The van der Waals surface area contributed by atoms with Gasteiger partial charge in [-0.1, -0.05) is 28.9 Å². The van der Waals surface area contributed by atoms with Crippen molar-refractivity contribution in [2.45, 2.75) is 26.3 Å². The summed E-state index contributed by atoms with van der Waals surface area (Å²) in [6, 6.07) is 9.65. The second kappa shape index (κ2) is 7.81. The van der Waals surface area contributed by atoms with Crippen LogP contribution in [-0.2, 0) is 17.8 Å². The summed E-state index contributed by atoms with van der Waals surface area (Å²) >= 11 is 5.88. The van der Waals surface area contributed by atoms with Crippen LogP contribution in [0.1, 0.15) is 23.4 Å². The molecule has 0 spiro atoms. The number of carbonyl (C=O) groups excluding carboxylic acids is 1. The first kappa shape index (κ1) is 17.0. The van der Waals surface area contributed by atoms with E-state index in [1.165, 1.54) is 0 Å². The van der Waals surface area contributed by atoms with Crippen molar-refractivity contribution in [1.29, 1.82) is 0 Å². The number of rotatable bonds is 5. The normalized spacial score (nSPS) is 15.7. The van der Waals surface area contributed by atoms with Gasteiger partial charge in [0.1, 0.15) is 0 Å². The highest BCUT2D eigenvalue weighted by molar-refractivity contribution is 6.30. The highest BCUT2D eigenvalue weighted by Gasteiger charge is 2.21. The van der Waals surface area contributed by atoms with Gasteiger partial charge in [-0.15, -0.1) is 0 Å². The summed E-state index contributed by atoms with van der Waals surface area (Å²) < 4.78 is 5.26. The first-order chi connectivity index (χ1) is 11.6. The summed E-state index contributed by atoms with van der Waals surface area (Å²) in [6.45, 7) is 5.95. The van der Waals surface area contributed by atoms with Crippen LogP contribution in [0.2, 0.25) is 5.02 Å². The van der Waals surface area contributed by atoms with Gasteiger partial charge in [0.05, 0.1) is 12.2 Å².